The van der Waals surface area contributed by atoms with Crippen molar-refractivity contribution in [2.24, 2.45) is 0 Å². The minimum atomic E-state index is -0.659. The summed E-state index contributed by atoms with van der Waals surface area (Å²) in [6, 6.07) is 36.3. The van der Waals surface area contributed by atoms with Crippen molar-refractivity contribution in [3.05, 3.63) is 194 Å². The van der Waals surface area contributed by atoms with E-state index in [1.165, 1.54) is 0 Å². The third-order valence-electron chi connectivity index (χ3n) is 9.50. The van der Waals surface area contributed by atoms with Crippen LogP contribution < -0.4 is 0 Å². The van der Waals surface area contributed by atoms with Gasteiger partial charge < -0.3 is 4.42 Å². The van der Waals surface area contributed by atoms with Crippen molar-refractivity contribution >= 4 is 43.5 Å². The molecule has 10 aromatic rings. The summed E-state index contributed by atoms with van der Waals surface area (Å²) in [7, 11) is 0. The molecule has 1 heterocycles. The highest BCUT2D eigenvalue weighted by Crippen LogP contribution is 2.48. The molecule has 0 saturated heterocycles. The van der Waals surface area contributed by atoms with Crippen LogP contribution in [0.25, 0.3) is 99.1 Å². The number of furan rings is 1. The lowest BCUT2D eigenvalue weighted by Crippen LogP contribution is -1.93. The topological polar surface area (TPSA) is 13.1 Å². The number of hydrogen-bond acceptors (Lipinski definition) is 1. The van der Waals surface area contributed by atoms with Crippen LogP contribution in [0.15, 0.2) is 198 Å². The van der Waals surface area contributed by atoms with Gasteiger partial charge in [-0.25, -0.2) is 0 Å². The Labute approximate surface area is 312 Å². The van der Waals surface area contributed by atoms with E-state index < -0.39 is 66.0 Å². The van der Waals surface area contributed by atoms with Gasteiger partial charge in [0.2, 0.25) is 0 Å². The quantitative estimate of drug-likeness (QED) is 0.168. The normalized spacial score (nSPS) is 14.5. The van der Waals surface area contributed by atoms with Gasteiger partial charge in [0, 0.05) is 10.8 Å². The SMILES string of the molecule is [2H]c1c([2H])c([2H])c(-c2c([2H])c([2H])c3oc4c([2H])c([2H])c([2H])c(-c5c6ccccc6c(-c6ccccc6-c6ccc(-c7ccccc7)cc6)c6ccccc56)c4c3c2[2H])c([2H])c1[2H]. The molecular weight excluding hydrogens is 617 g/mol. The molecule has 0 unspecified atom stereocenters. The average molecular weight is 660 g/mol. The monoisotopic (exact) mass is 659 g/mol. The summed E-state index contributed by atoms with van der Waals surface area (Å²) in [6.45, 7) is 0. The van der Waals surface area contributed by atoms with E-state index in [1.807, 2.05) is 78.9 Å². The van der Waals surface area contributed by atoms with E-state index in [-0.39, 0.29) is 39.1 Å². The molecule has 0 aliphatic carbocycles. The number of benzene rings is 9. The Morgan fingerprint density at radius 2 is 0.902 bits per heavy atom. The Hall–Kier alpha value is -6.70. The summed E-state index contributed by atoms with van der Waals surface area (Å²) >= 11 is 0. The molecule has 10 rings (SSSR count). The Bertz CT molecular complexity index is 3440. The maximum Gasteiger partial charge on any atom is 0.136 e. The Balaban J connectivity index is 1.31. The molecule has 0 saturated carbocycles. The summed E-state index contributed by atoms with van der Waals surface area (Å²) in [5, 5.41) is 3.09. The fourth-order valence-electron chi connectivity index (χ4n) is 7.25. The van der Waals surface area contributed by atoms with E-state index in [1.54, 1.807) is 0 Å². The first-order chi connectivity index (χ1) is 29.9. The van der Waals surface area contributed by atoms with E-state index in [0.717, 1.165) is 44.2 Å². The van der Waals surface area contributed by atoms with Crippen LogP contribution in [0.3, 0.4) is 0 Å². The lowest BCUT2D eigenvalue weighted by molar-refractivity contribution is 0.669. The predicted octanol–water partition coefficient (Wildman–Crippen LogP) is 14.2. The van der Waals surface area contributed by atoms with Crippen molar-refractivity contribution in [3.63, 3.8) is 0 Å². The second-order valence-corrected chi connectivity index (χ2v) is 12.3. The van der Waals surface area contributed by atoms with Crippen molar-refractivity contribution in [1.82, 2.24) is 0 Å². The molecule has 0 bridgehead atoms. The number of hydrogen-bond donors (Lipinski definition) is 0. The first-order valence-corrected chi connectivity index (χ1v) is 16.6. The van der Waals surface area contributed by atoms with Gasteiger partial charge in [-0.05, 0) is 95.3 Å². The molecule has 0 aliphatic rings. The molecule has 0 N–H and O–H groups in total. The molecule has 51 heavy (non-hydrogen) atoms. The second-order valence-electron chi connectivity index (χ2n) is 12.3. The predicted molar refractivity (Wildman–Crippen MR) is 216 cm³/mol. The third kappa shape index (κ3) is 4.86. The maximum atomic E-state index is 9.63. The van der Waals surface area contributed by atoms with Gasteiger partial charge >= 0.3 is 0 Å². The molecule has 238 valence electrons. The number of fused-ring (bicyclic) bond motifs is 5. The van der Waals surface area contributed by atoms with Crippen LogP contribution in [0.2, 0.25) is 0 Å². The largest absolute Gasteiger partial charge is 0.456 e. The van der Waals surface area contributed by atoms with E-state index in [9.17, 15) is 2.74 Å². The first kappa shape index (κ1) is 20.1. The highest BCUT2D eigenvalue weighted by molar-refractivity contribution is 6.26. The molecule has 0 aliphatic heterocycles. The van der Waals surface area contributed by atoms with Gasteiger partial charge in [-0.2, -0.15) is 0 Å². The van der Waals surface area contributed by atoms with Crippen molar-refractivity contribution in [2.45, 2.75) is 0 Å². The van der Waals surface area contributed by atoms with Gasteiger partial charge in [0.15, 0.2) is 0 Å². The van der Waals surface area contributed by atoms with Gasteiger partial charge in [0.25, 0.3) is 0 Å². The van der Waals surface area contributed by atoms with Gasteiger partial charge in [0.1, 0.15) is 11.2 Å². The maximum absolute atomic E-state index is 9.63. The van der Waals surface area contributed by atoms with Gasteiger partial charge in [-0.1, -0.05) is 176 Å². The lowest BCUT2D eigenvalue weighted by Gasteiger charge is -2.20. The molecule has 0 fully saturated rings. The molecule has 1 aromatic heterocycles. The van der Waals surface area contributed by atoms with E-state index in [4.69, 9.17) is 16.8 Å². The van der Waals surface area contributed by atoms with Gasteiger partial charge in [-0.3, -0.25) is 0 Å². The zero-order valence-corrected chi connectivity index (χ0v) is 27.0. The number of rotatable bonds is 5. The van der Waals surface area contributed by atoms with Crippen LogP contribution in [0, 0.1) is 0 Å². The highest BCUT2D eigenvalue weighted by Gasteiger charge is 2.21. The summed E-state index contributed by atoms with van der Waals surface area (Å²) in [5.74, 6) is 0. The third-order valence-corrected chi connectivity index (χ3v) is 9.50. The van der Waals surface area contributed by atoms with E-state index >= 15 is 0 Å². The summed E-state index contributed by atoms with van der Waals surface area (Å²) in [4.78, 5) is 0. The van der Waals surface area contributed by atoms with Crippen molar-refractivity contribution in [2.75, 3.05) is 0 Å². The molecule has 0 radical (unpaired) electrons. The van der Waals surface area contributed by atoms with Crippen molar-refractivity contribution in [1.29, 1.82) is 0 Å². The van der Waals surface area contributed by atoms with Gasteiger partial charge in [0.05, 0.1) is 15.1 Å². The molecule has 0 atom stereocenters. The van der Waals surface area contributed by atoms with Crippen molar-refractivity contribution < 1.29 is 19.5 Å². The van der Waals surface area contributed by atoms with E-state index in [2.05, 4.69) is 48.5 Å². The Morgan fingerprint density at radius 3 is 1.59 bits per heavy atom. The minimum Gasteiger partial charge on any atom is -0.456 e. The summed E-state index contributed by atoms with van der Waals surface area (Å²) in [6.07, 6.45) is 0. The van der Waals surface area contributed by atoms with E-state index in [0.29, 0.717) is 16.3 Å². The Morgan fingerprint density at radius 1 is 0.333 bits per heavy atom. The fraction of sp³-hybridized carbons (Fsp3) is 0. The minimum absolute atomic E-state index is 0.0682. The summed E-state index contributed by atoms with van der Waals surface area (Å²) in [5.41, 5.74) is 5.61. The molecule has 0 spiro atoms. The van der Waals surface area contributed by atoms with Crippen LogP contribution in [-0.4, -0.2) is 0 Å². The lowest BCUT2D eigenvalue weighted by atomic mass is 9.83. The van der Waals surface area contributed by atoms with Crippen LogP contribution in [0.4, 0.5) is 0 Å². The Kier molecular flexibility index (Phi) is 4.73. The second kappa shape index (κ2) is 12.0. The van der Waals surface area contributed by atoms with Crippen molar-refractivity contribution in [3.8, 4) is 55.6 Å². The van der Waals surface area contributed by atoms with Crippen LogP contribution in [0.5, 0.6) is 0 Å². The zero-order valence-electron chi connectivity index (χ0n) is 38.0. The molecule has 1 nitrogen and oxygen atoms in total. The van der Waals surface area contributed by atoms with Crippen LogP contribution in [-0.2, 0) is 0 Å². The first-order valence-electron chi connectivity index (χ1n) is 22.1. The fourth-order valence-corrected chi connectivity index (χ4v) is 7.25. The summed E-state index contributed by atoms with van der Waals surface area (Å²) < 4.78 is 104. The molecule has 9 aromatic carbocycles. The van der Waals surface area contributed by atoms with Crippen LogP contribution >= 0.6 is 0 Å². The zero-order chi connectivity index (χ0) is 43.3. The standard InChI is InChI=1S/C50H32O/c1-3-14-33(15-4-1)35-26-28-36(29-27-35)38-18-7-8-19-39(38)48-40-20-9-11-22-42(40)49(43-23-12-10-21-41(43)48)44-24-13-25-47-50(44)45-32-37(30-31-46(45)51-47)34-16-5-2-6-17-34/h1-32H/i2D,5D,6D,13D,16D,17D,24D,25D,30D,31D,32D. The van der Waals surface area contributed by atoms with Crippen LogP contribution in [0.1, 0.15) is 15.1 Å². The smallest absolute Gasteiger partial charge is 0.136 e. The highest BCUT2D eigenvalue weighted by atomic mass is 16.3. The average Bonchev–Trinajstić information content (AvgIpc) is 3.71. The van der Waals surface area contributed by atoms with Gasteiger partial charge in [-0.15, -0.1) is 0 Å². The molecule has 0 amide bonds. The molecule has 1 heteroatoms. The molecular formula is C50H32O.